The minimum absolute atomic E-state index is 0.0228. The zero-order valence-electron chi connectivity index (χ0n) is 32.0. The van der Waals surface area contributed by atoms with Gasteiger partial charge >= 0.3 is 0 Å². The van der Waals surface area contributed by atoms with E-state index in [1.165, 1.54) is 25.0 Å². The number of allylic oxidation sites excluding steroid dienone is 6. The molecule has 0 amide bonds. The maximum absolute atomic E-state index is 13.5. The minimum atomic E-state index is -0.713. The fourth-order valence-corrected chi connectivity index (χ4v) is 6.86. The average molecular weight is 716 g/mol. The van der Waals surface area contributed by atoms with E-state index in [0.717, 1.165) is 60.8 Å². The number of phenols is 2. The van der Waals surface area contributed by atoms with E-state index in [0.29, 0.717) is 50.1 Å². The van der Waals surface area contributed by atoms with Gasteiger partial charge in [0.15, 0.2) is 0 Å². The smallest absolute Gasteiger partial charge is 0.290 e. The molecule has 288 valence electrons. The molecule has 1 heterocycles. The number of unbranched alkanes of at least 4 members (excludes halogenated alkanes) is 1. The Morgan fingerprint density at radius 3 is 2.24 bits per heavy atom. The Hall–Kier alpha value is -3.14. The Morgan fingerprint density at radius 2 is 1.67 bits per heavy atom. The summed E-state index contributed by atoms with van der Waals surface area (Å²) in [4.78, 5) is 8.36. The van der Waals surface area contributed by atoms with Crippen molar-refractivity contribution in [1.29, 1.82) is 0 Å². The zero-order valence-corrected chi connectivity index (χ0v) is 32.0. The van der Waals surface area contributed by atoms with Crippen LogP contribution in [0.25, 0.3) is 0 Å². The number of nitrogens with one attached hydrogen (secondary N) is 1. The largest absolute Gasteiger partial charge is 0.508 e. The highest BCUT2D eigenvalue weighted by molar-refractivity contribution is 5.50. The van der Waals surface area contributed by atoms with Crippen LogP contribution in [0, 0.1) is 25.2 Å². The number of aliphatic hydroxyl groups excluding tert-OH is 2. The van der Waals surface area contributed by atoms with Gasteiger partial charge in [0.1, 0.15) is 17.3 Å². The normalized spacial score (nSPS) is 23.2. The van der Waals surface area contributed by atoms with Gasteiger partial charge in [0.05, 0.1) is 30.5 Å². The molecule has 9 heteroatoms. The molecule has 0 bridgehead atoms. The Morgan fingerprint density at radius 1 is 1.04 bits per heavy atom. The predicted octanol–water partition coefficient (Wildman–Crippen LogP) is 9.02. The number of aliphatic hydroxyl groups is 2. The molecule has 1 aromatic carbocycles. The summed E-state index contributed by atoms with van der Waals surface area (Å²) >= 11 is 0. The van der Waals surface area contributed by atoms with Crippen molar-refractivity contribution in [1.82, 2.24) is 5.32 Å². The third kappa shape index (κ3) is 14.1. The van der Waals surface area contributed by atoms with Crippen molar-refractivity contribution in [3.63, 3.8) is 0 Å². The number of carboxylic acid groups (broad SMARTS) is 1. The van der Waals surface area contributed by atoms with Gasteiger partial charge in [-0.05, 0) is 125 Å². The van der Waals surface area contributed by atoms with E-state index in [2.05, 4.69) is 39.6 Å². The summed E-state index contributed by atoms with van der Waals surface area (Å²) < 4.78 is 20.4. The van der Waals surface area contributed by atoms with Crippen molar-refractivity contribution in [3.8, 4) is 11.5 Å². The number of benzene rings is 1. The monoisotopic (exact) mass is 715 g/mol. The summed E-state index contributed by atoms with van der Waals surface area (Å²) in [7, 11) is 0. The Balaban J connectivity index is 0.00000118. The maximum Gasteiger partial charge on any atom is 0.290 e. The Labute approximate surface area is 306 Å². The standard InChI is InChI=1S/C37H54FNO5.C4H10.CH2O2/c1-6-37(5)20-19-34(44-35(37)21-29(40)11-8-12-30-23(2)32(42)22-33(43)24(30)3)36(27-15-16-27)39-25(4)31(41)18-14-26-9-7-10-28(38)17-13-26;1-3-4-2;2-1-3/h9-10,13,17,22,27,29,31,34-36,39-43H,4,6-8,11-12,14-16,18-21H2,1-3,5H3;3-4H2,1-2H3;1H,(H,2,3)/t29-,31?,34+,35?,36?,37?;;/m1../s1. The summed E-state index contributed by atoms with van der Waals surface area (Å²) in [5.41, 5.74) is 4.10. The van der Waals surface area contributed by atoms with Crippen molar-refractivity contribution in [2.24, 2.45) is 11.3 Å². The molecule has 2 aliphatic carbocycles. The molecular formula is C42H66FNO7. The van der Waals surface area contributed by atoms with E-state index in [9.17, 15) is 24.8 Å². The lowest BCUT2D eigenvalue weighted by atomic mass is 9.72. The van der Waals surface area contributed by atoms with E-state index >= 15 is 0 Å². The van der Waals surface area contributed by atoms with E-state index in [-0.39, 0.29) is 47.5 Å². The Kier molecular flexibility index (Phi) is 19.0. The summed E-state index contributed by atoms with van der Waals surface area (Å²) in [6, 6.07) is 1.46. The van der Waals surface area contributed by atoms with Gasteiger partial charge < -0.3 is 35.6 Å². The van der Waals surface area contributed by atoms with Gasteiger partial charge in [-0.3, -0.25) is 4.79 Å². The molecule has 4 rings (SSSR count). The fraction of sp³-hybridized carbons (Fsp3) is 0.643. The van der Waals surface area contributed by atoms with Crippen LogP contribution in [0.1, 0.15) is 128 Å². The number of aromatic hydroxyl groups is 2. The van der Waals surface area contributed by atoms with Crippen molar-refractivity contribution in [2.45, 2.75) is 162 Å². The summed E-state index contributed by atoms with van der Waals surface area (Å²) in [5, 5.41) is 52.8. The molecule has 8 nitrogen and oxygen atoms in total. The van der Waals surface area contributed by atoms with E-state index in [1.807, 2.05) is 19.9 Å². The molecule has 1 aromatic rings. The van der Waals surface area contributed by atoms with Crippen LogP contribution in [0.5, 0.6) is 11.5 Å². The van der Waals surface area contributed by atoms with Crippen LogP contribution in [-0.4, -0.2) is 62.5 Å². The summed E-state index contributed by atoms with van der Waals surface area (Å²) in [5.74, 6) is 0.447. The number of phenolic OH excluding ortho intramolecular Hbond substituents is 2. The molecule has 51 heavy (non-hydrogen) atoms. The van der Waals surface area contributed by atoms with Crippen LogP contribution < -0.4 is 5.32 Å². The molecular weight excluding hydrogens is 649 g/mol. The van der Waals surface area contributed by atoms with Crippen LogP contribution in [0.2, 0.25) is 0 Å². The van der Waals surface area contributed by atoms with Gasteiger partial charge in [0, 0.05) is 18.2 Å². The first kappa shape index (κ1) is 44.0. The molecule has 3 aliphatic rings. The lowest BCUT2D eigenvalue weighted by Gasteiger charge is -2.47. The third-order valence-corrected chi connectivity index (χ3v) is 11.0. The first-order chi connectivity index (χ1) is 24.2. The van der Waals surface area contributed by atoms with Gasteiger partial charge in [-0.25, -0.2) is 4.39 Å². The van der Waals surface area contributed by atoms with Crippen molar-refractivity contribution in [3.05, 3.63) is 70.7 Å². The lowest BCUT2D eigenvalue weighted by molar-refractivity contribution is -0.150. The van der Waals surface area contributed by atoms with Crippen molar-refractivity contribution < 1.29 is 39.5 Å². The number of ether oxygens (including phenoxy) is 1. The second kappa shape index (κ2) is 22.0. The third-order valence-electron chi connectivity index (χ3n) is 11.0. The lowest BCUT2D eigenvalue weighted by Crippen LogP contribution is -2.52. The predicted molar refractivity (Wildman–Crippen MR) is 203 cm³/mol. The van der Waals surface area contributed by atoms with Crippen molar-refractivity contribution >= 4 is 6.47 Å². The molecule has 0 radical (unpaired) electrons. The van der Waals surface area contributed by atoms with Gasteiger partial charge in [0.25, 0.3) is 6.47 Å². The van der Waals surface area contributed by atoms with Crippen LogP contribution in [0.3, 0.4) is 0 Å². The van der Waals surface area contributed by atoms with Crippen LogP contribution >= 0.6 is 0 Å². The number of rotatable bonds is 16. The number of hydrogen-bond donors (Lipinski definition) is 6. The summed E-state index contributed by atoms with van der Waals surface area (Å²) in [6.45, 7) is 16.5. The summed E-state index contributed by atoms with van der Waals surface area (Å²) in [6.07, 6.45) is 17.5. The van der Waals surface area contributed by atoms with Gasteiger partial charge in [-0.15, -0.1) is 0 Å². The van der Waals surface area contributed by atoms with Gasteiger partial charge in [-0.2, -0.15) is 0 Å². The molecule has 6 N–H and O–H groups in total. The van der Waals surface area contributed by atoms with Gasteiger partial charge in [0.2, 0.25) is 0 Å². The van der Waals surface area contributed by atoms with E-state index in [4.69, 9.17) is 14.6 Å². The second-order valence-corrected chi connectivity index (χ2v) is 14.8. The molecule has 0 spiro atoms. The van der Waals surface area contributed by atoms with Gasteiger partial charge in [-0.1, -0.05) is 64.8 Å². The average Bonchev–Trinajstić information content (AvgIpc) is 3.97. The molecule has 1 aliphatic heterocycles. The molecule has 0 aromatic heterocycles. The number of halogens is 1. The second-order valence-electron chi connectivity index (χ2n) is 14.8. The molecule has 2 fully saturated rings. The van der Waals surface area contributed by atoms with Crippen LogP contribution in [0.15, 0.2) is 54.0 Å². The quantitative estimate of drug-likeness (QED) is 0.0933. The van der Waals surface area contributed by atoms with E-state index < -0.39 is 12.2 Å². The first-order valence-electron chi connectivity index (χ1n) is 19.0. The van der Waals surface area contributed by atoms with E-state index in [1.54, 1.807) is 12.2 Å². The number of carbonyl (C=O) groups is 1. The highest BCUT2D eigenvalue weighted by atomic mass is 19.1. The minimum Gasteiger partial charge on any atom is -0.508 e. The van der Waals surface area contributed by atoms with Crippen molar-refractivity contribution in [2.75, 3.05) is 0 Å². The molecule has 4 unspecified atom stereocenters. The zero-order chi connectivity index (χ0) is 38.1. The first-order valence-corrected chi connectivity index (χ1v) is 19.0. The SMILES string of the molecule is C=C(NC(C1CC1)[C@@H]1CCC(C)(CC)C(C[C@H](O)CCCc2c(C)c(O)cc(O)c2C)O1)C(O)CCC1=CCC=C(F)C=C1.CCCC.O=CO. The fourth-order valence-electron chi connectivity index (χ4n) is 6.86. The highest BCUT2D eigenvalue weighted by Crippen LogP contribution is 2.45. The van der Waals surface area contributed by atoms with Crippen LogP contribution in [0.4, 0.5) is 4.39 Å². The maximum atomic E-state index is 13.5. The topological polar surface area (TPSA) is 139 Å². The molecule has 1 saturated heterocycles. The Bertz CT molecular complexity index is 1310. The van der Waals surface area contributed by atoms with Crippen LogP contribution in [-0.2, 0) is 16.0 Å². The molecule has 1 saturated carbocycles. The number of hydrogen-bond acceptors (Lipinski definition) is 7. The highest BCUT2D eigenvalue weighted by Gasteiger charge is 2.46. The molecule has 6 atom stereocenters.